The van der Waals surface area contributed by atoms with Gasteiger partial charge < -0.3 is 14.6 Å². The van der Waals surface area contributed by atoms with Gasteiger partial charge in [-0.05, 0) is 62.7 Å². The quantitative estimate of drug-likeness (QED) is 0.612. The number of allylic oxidation sites excluding steroid dienone is 2. The fourth-order valence-electron chi connectivity index (χ4n) is 5.49. The summed E-state index contributed by atoms with van der Waals surface area (Å²) >= 11 is 0. The number of hydrogen-bond donors (Lipinski definition) is 1. The monoisotopic (exact) mass is 364 g/mol. The van der Waals surface area contributed by atoms with Gasteiger partial charge in [0.25, 0.3) is 0 Å². The van der Waals surface area contributed by atoms with Crippen molar-refractivity contribution in [2.75, 3.05) is 13.7 Å². The van der Waals surface area contributed by atoms with Crippen LogP contribution in [0.25, 0.3) is 0 Å². The Morgan fingerprint density at radius 1 is 1.38 bits per heavy atom. The number of methoxy groups -OCH3 is 1. The van der Waals surface area contributed by atoms with Gasteiger partial charge in [0.1, 0.15) is 12.7 Å². The van der Waals surface area contributed by atoms with E-state index in [0.29, 0.717) is 12.3 Å². The van der Waals surface area contributed by atoms with Crippen molar-refractivity contribution in [2.24, 2.45) is 28.6 Å². The van der Waals surface area contributed by atoms with E-state index in [0.717, 1.165) is 32.1 Å². The molecule has 26 heavy (non-hydrogen) atoms. The van der Waals surface area contributed by atoms with Crippen LogP contribution in [0.4, 0.5) is 0 Å². The molecule has 1 saturated heterocycles. The summed E-state index contributed by atoms with van der Waals surface area (Å²) in [5, 5.41) is 10.0. The van der Waals surface area contributed by atoms with Crippen LogP contribution in [0, 0.1) is 28.6 Å². The summed E-state index contributed by atoms with van der Waals surface area (Å²) in [6.45, 7) is 6.70. The lowest BCUT2D eigenvalue weighted by molar-refractivity contribution is -0.156. The largest absolute Gasteiger partial charge is 0.469 e. The molecule has 5 heteroatoms. The molecule has 2 fully saturated rings. The van der Waals surface area contributed by atoms with E-state index >= 15 is 0 Å². The third-order valence-corrected chi connectivity index (χ3v) is 7.60. The highest BCUT2D eigenvalue weighted by Crippen LogP contribution is 2.58. The fourth-order valence-corrected chi connectivity index (χ4v) is 5.49. The lowest BCUT2D eigenvalue weighted by Gasteiger charge is -2.53. The first-order valence-corrected chi connectivity index (χ1v) is 9.87. The predicted molar refractivity (Wildman–Crippen MR) is 97.1 cm³/mol. The number of carbonyl (C=O) groups is 2. The van der Waals surface area contributed by atoms with Gasteiger partial charge in [0.15, 0.2) is 0 Å². The molecule has 0 spiro atoms. The maximum absolute atomic E-state index is 12.5. The number of aliphatic hydroxyl groups is 1. The summed E-state index contributed by atoms with van der Waals surface area (Å²) in [5.74, 6) is -0.140. The van der Waals surface area contributed by atoms with Crippen LogP contribution in [0.5, 0.6) is 0 Å². The SMILES string of the molecule is COC(=O)[C@@]1(C)CCC=C2[C@@H]1CC[C@@H](C)[C@]2(C)CC[C@H]1C(=O)OC[C@H]1O. The van der Waals surface area contributed by atoms with Crippen molar-refractivity contribution in [3.63, 3.8) is 0 Å². The fraction of sp³-hybridized carbons (Fsp3) is 0.810. The topological polar surface area (TPSA) is 72.8 Å². The smallest absolute Gasteiger partial charge is 0.312 e. The Morgan fingerprint density at radius 3 is 2.73 bits per heavy atom. The second kappa shape index (κ2) is 6.99. The molecule has 0 radical (unpaired) electrons. The molecule has 1 heterocycles. The first-order valence-electron chi connectivity index (χ1n) is 9.87. The van der Waals surface area contributed by atoms with E-state index in [9.17, 15) is 14.7 Å². The lowest BCUT2D eigenvalue weighted by atomic mass is 9.51. The zero-order chi connectivity index (χ0) is 19.1. The molecule has 0 bridgehead atoms. The Bertz CT molecular complexity index is 612. The molecular formula is C21H32O5. The molecular weight excluding hydrogens is 332 g/mol. The normalized spacial score (nSPS) is 42.7. The minimum absolute atomic E-state index is 0.0682. The molecule has 1 aliphatic heterocycles. The van der Waals surface area contributed by atoms with E-state index in [1.807, 2.05) is 6.92 Å². The van der Waals surface area contributed by atoms with E-state index in [1.54, 1.807) is 0 Å². The first kappa shape index (κ1) is 19.4. The van der Waals surface area contributed by atoms with Crippen molar-refractivity contribution in [2.45, 2.75) is 65.4 Å². The highest BCUT2D eigenvalue weighted by Gasteiger charge is 2.53. The average molecular weight is 364 g/mol. The van der Waals surface area contributed by atoms with Crippen LogP contribution < -0.4 is 0 Å². The number of aliphatic hydroxyl groups excluding tert-OH is 1. The van der Waals surface area contributed by atoms with Gasteiger partial charge in [-0.15, -0.1) is 0 Å². The zero-order valence-corrected chi connectivity index (χ0v) is 16.4. The maximum atomic E-state index is 12.5. The zero-order valence-electron chi connectivity index (χ0n) is 16.4. The van der Waals surface area contributed by atoms with Crippen molar-refractivity contribution >= 4 is 11.9 Å². The van der Waals surface area contributed by atoms with Crippen molar-refractivity contribution in [1.29, 1.82) is 0 Å². The Hall–Kier alpha value is -1.36. The van der Waals surface area contributed by atoms with Crippen molar-refractivity contribution < 1.29 is 24.2 Å². The van der Waals surface area contributed by atoms with Gasteiger partial charge in [0.2, 0.25) is 0 Å². The molecule has 5 nitrogen and oxygen atoms in total. The van der Waals surface area contributed by atoms with E-state index in [-0.39, 0.29) is 29.9 Å². The number of fused-ring (bicyclic) bond motifs is 1. The third-order valence-electron chi connectivity index (χ3n) is 7.60. The summed E-state index contributed by atoms with van der Waals surface area (Å²) in [6.07, 6.45) is 6.85. The van der Waals surface area contributed by atoms with Crippen molar-refractivity contribution in [3.05, 3.63) is 11.6 Å². The van der Waals surface area contributed by atoms with Gasteiger partial charge >= 0.3 is 11.9 Å². The number of hydrogen-bond acceptors (Lipinski definition) is 5. The number of rotatable bonds is 4. The molecule has 0 aromatic carbocycles. The van der Waals surface area contributed by atoms with Crippen LogP contribution in [0.15, 0.2) is 11.6 Å². The average Bonchev–Trinajstić information content (AvgIpc) is 2.94. The van der Waals surface area contributed by atoms with E-state index < -0.39 is 17.4 Å². The molecule has 3 rings (SSSR count). The summed E-state index contributed by atoms with van der Waals surface area (Å²) in [7, 11) is 1.48. The lowest BCUT2D eigenvalue weighted by Crippen LogP contribution is -2.48. The summed E-state index contributed by atoms with van der Waals surface area (Å²) in [6, 6.07) is 0. The molecule has 3 aliphatic rings. The number of cyclic esters (lactones) is 1. The summed E-state index contributed by atoms with van der Waals surface area (Å²) in [4.78, 5) is 24.4. The third kappa shape index (κ3) is 2.98. The van der Waals surface area contributed by atoms with Crippen LogP contribution in [0.1, 0.15) is 59.3 Å². The maximum Gasteiger partial charge on any atom is 0.312 e. The highest BCUT2D eigenvalue weighted by atomic mass is 16.6. The van der Waals surface area contributed by atoms with E-state index in [2.05, 4.69) is 19.9 Å². The first-order chi connectivity index (χ1) is 12.2. The Morgan fingerprint density at radius 2 is 2.12 bits per heavy atom. The molecule has 0 aromatic rings. The van der Waals surface area contributed by atoms with E-state index in [1.165, 1.54) is 12.7 Å². The van der Waals surface area contributed by atoms with Crippen LogP contribution in [-0.4, -0.2) is 36.9 Å². The van der Waals surface area contributed by atoms with E-state index in [4.69, 9.17) is 9.47 Å². The van der Waals surface area contributed by atoms with Gasteiger partial charge in [-0.1, -0.05) is 25.5 Å². The molecule has 1 saturated carbocycles. The van der Waals surface area contributed by atoms with Gasteiger partial charge in [-0.3, -0.25) is 9.59 Å². The van der Waals surface area contributed by atoms with Crippen molar-refractivity contribution in [1.82, 2.24) is 0 Å². The van der Waals surface area contributed by atoms with Crippen LogP contribution in [-0.2, 0) is 19.1 Å². The molecule has 0 aromatic heterocycles. The molecule has 1 N–H and O–H groups in total. The molecule has 0 unspecified atom stereocenters. The second-order valence-corrected chi connectivity index (χ2v) is 8.90. The van der Waals surface area contributed by atoms with Crippen molar-refractivity contribution in [3.8, 4) is 0 Å². The highest BCUT2D eigenvalue weighted by molar-refractivity contribution is 5.78. The van der Waals surface area contributed by atoms with Gasteiger partial charge in [0.05, 0.1) is 18.4 Å². The van der Waals surface area contributed by atoms with Crippen LogP contribution in [0.3, 0.4) is 0 Å². The number of carbonyl (C=O) groups excluding carboxylic acids is 2. The van der Waals surface area contributed by atoms with Crippen LogP contribution >= 0.6 is 0 Å². The van der Waals surface area contributed by atoms with Crippen LogP contribution in [0.2, 0.25) is 0 Å². The van der Waals surface area contributed by atoms with Gasteiger partial charge in [-0.25, -0.2) is 0 Å². The summed E-state index contributed by atoms with van der Waals surface area (Å²) in [5.41, 5.74) is 0.823. The standard InChI is InChI=1S/C21H32O5/c1-13-7-8-16-15(6-5-10-21(16,3)19(24)25-4)20(13,2)11-9-14-17(22)12-26-18(14)23/h6,13-14,16-17,22H,5,7-12H2,1-4H3/t13-,14-,16+,17-,20+,21+/m1/s1. The minimum atomic E-state index is -0.693. The molecule has 6 atom stereocenters. The Kier molecular flexibility index (Phi) is 5.22. The number of ether oxygens (including phenoxy) is 2. The molecule has 0 amide bonds. The second-order valence-electron chi connectivity index (χ2n) is 8.90. The Labute approximate surface area is 156 Å². The Balaban J connectivity index is 1.84. The minimum Gasteiger partial charge on any atom is -0.469 e. The summed E-state index contributed by atoms with van der Waals surface area (Å²) < 4.78 is 10.1. The van der Waals surface area contributed by atoms with Gasteiger partial charge in [-0.2, -0.15) is 0 Å². The molecule has 2 aliphatic carbocycles. The predicted octanol–water partition coefficient (Wildman–Crippen LogP) is 3.25. The van der Waals surface area contributed by atoms with Gasteiger partial charge in [0, 0.05) is 0 Å². The number of esters is 2. The molecule has 146 valence electrons.